The first-order valence-electron chi connectivity index (χ1n) is 4.56. The van der Waals surface area contributed by atoms with E-state index in [1.54, 1.807) is 0 Å². The molecule has 0 saturated heterocycles. The quantitative estimate of drug-likeness (QED) is 0.624. The van der Waals surface area contributed by atoms with E-state index in [1.165, 1.54) is 18.9 Å². The maximum atomic E-state index is 10.9. The smallest absolute Gasteiger partial charge is 0.306 e. The second kappa shape index (κ2) is 5.60. The van der Waals surface area contributed by atoms with Gasteiger partial charge in [-0.1, -0.05) is 0 Å². The molecule has 4 nitrogen and oxygen atoms in total. The number of ether oxygens (including phenoxy) is 1. The number of thioether (sulfide) groups is 1. The molecule has 0 spiro atoms. The Morgan fingerprint density at radius 3 is 3.00 bits per heavy atom. The number of rotatable bonds is 4. The summed E-state index contributed by atoms with van der Waals surface area (Å²) >= 11 is 1.47. The number of aromatic nitrogens is 1. The lowest BCUT2D eigenvalue weighted by molar-refractivity contribution is -0.140. The number of esters is 1. The molecule has 0 fully saturated rings. The number of carbonyl (C=O) groups is 1. The van der Waals surface area contributed by atoms with Crippen molar-refractivity contribution in [3.8, 4) is 0 Å². The van der Waals surface area contributed by atoms with Gasteiger partial charge >= 0.3 is 5.97 Å². The summed E-state index contributed by atoms with van der Waals surface area (Å²) in [4.78, 5) is 15.1. The van der Waals surface area contributed by atoms with Crippen molar-refractivity contribution in [2.24, 2.45) is 0 Å². The summed E-state index contributed by atoms with van der Waals surface area (Å²) in [6.07, 6.45) is 0.371. The summed E-state index contributed by atoms with van der Waals surface area (Å²) in [5.74, 6) is 0.418. The minimum absolute atomic E-state index is 0.214. The molecule has 1 aromatic heterocycles. The molecule has 1 heterocycles. The van der Waals surface area contributed by atoms with E-state index in [9.17, 15) is 4.79 Å². The normalized spacial score (nSPS) is 10.0. The zero-order valence-corrected chi connectivity index (χ0v) is 9.63. The number of pyridine rings is 1. The molecular weight excluding hydrogens is 212 g/mol. The Morgan fingerprint density at radius 1 is 1.60 bits per heavy atom. The van der Waals surface area contributed by atoms with Gasteiger partial charge in [0.2, 0.25) is 0 Å². The van der Waals surface area contributed by atoms with Crippen molar-refractivity contribution < 1.29 is 9.53 Å². The number of hydrogen-bond acceptors (Lipinski definition) is 5. The van der Waals surface area contributed by atoms with Crippen LogP contribution in [0.4, 0.5) is 5.69 Å². The van der Waals surface area contributed by atoms with Crippen molar-refractivity contribution in [3.05, 3.63) is 17.8 Å². The van der Waals surface area contributed by atoms with Crippen molar-refractivity contribution in [1.82, 2.24) is 4.98 Å². The van der Waals surface area contributed by atoms with Crippen LogP contribution in [-0.4, -0.2) is 23.8 Å². The third kappa shape index (κ3) is 3.79. The fraction of sp³-hybridized carbons (Fsp3) is 0.400. The molecule has 15 heavy (non-hydrogen) atoms. The largest absolute Gasteiger partial charge is 0.469 e. The second-order valence-electron chi connectivity index (χ2n) is 3.02. The van der Waals surface area contributed by atoms with Gasteiger partial charge in [0.05, 0.1) is 19.2 Å². The number of nitrogen functional groups attached to an aromatic ring is 1. The van der Waals surface area contributed by atoms with Gasteiger partial charge in [0, 0.05) is 11.4 Å². The summed E-state index contributed by atoms with van der Waals surface area (Å²) < 4.78 is 4.54. The zero-order chi connectivity index (χ0) is 11.3. The van der Waals surface area contributed by atoms with Gasteiger partial charge in [0.15, 0.2) is 0 Å². The van der Waals surface area contributed by atoms with E-state index in [-0.39, 0.29) is 5.97 Å². The first-order chi connectivity index (χ1) is 7.13. The van der Waals surface area contributed by atoms with Crippen LogP contribution in [0.2, 0.25) is 0 Å². The highest BCUT2D eigenvalue weighted by molar-refractivity contribution is 7.99. The summed E-state index contributed by atoms with van der Waals surface area (Å²) in [6, 6.07) is 3.68. The van der Waals surface area contributed by atoms with Gasteiger partial charge in [-0.2, -0.15) is 0 Å². The maximum Gasteiger partial charge on any atom is 0.306 e. The summed E-state index contributed by atoms with van der Waals surface area (Å²) in [6.45, 7) is 1.91. The van der Waals surface area contributed by atoms with Crippen molar-refractivity contribution >= 4 is 23.4 Å². The first kappa shape index (κ1) is 11.8. The molecule has 0 unspecified atom stereocenters. The molecule has 82 valence electrons. The molecule has 0 aromatic carbocycles. The molecule has 0 atom stereocenters. The van der Waals surface area contributed by atoms with Gasteiger partial charge in [-0.15, -0.1) is 11.8 Å². The first-order valence-corrected chi connectivity index (χ1v) is 5.55. The fourth-order valence-corrected chi connectivity index (χ4v) is 1.90. The Bertz CT molecular complexity index is 355. The molecule has 1 rings (SSSR count). The van der Waals surface area contributed by atoms with Crippen LogP contribution in [0.1, 0.15) is 12.1 Å². The Morgan fingerprint density at radius 2 is 2.33 bits per heavy atom. The molecule has 0 radical (unpaired) electrons. The predicted octanol–water partition coefficient (Wildman–Crippen LogP) is 1.63. The highest BCUT2D eigenvalue weighted by Gasteiger charge is 2.04. The highest BCUT2D eigenvalue weighted by Crippen LogP contribution is 2.23. The van der Waals surface area contributed by atoms with E-state index in [4.69, 9.17) is 5.73 Å². The van der Waals surface area contributed by atoms with Crippen LogP contribution in [0.5, 0.6) is 0 Å². The zero-order valence-electron chi connectivity index (χ0n) is 8.82. The highest BCUT2D eigenvalue weighted by atomic mass is 32.2. The van der Waals surface area contributed by atoms with E-state index < -0.39 is 0 Å². The number of nitrogens with zero attached hydrogens (tertiary/aromatic N) is 1. The fourth-order valence-electron chi connectivity index (χ4n) is 0.992. The van der Waals surface area contributed by atoms with Gasteiger partial charge in [0.25, 0.3) is 0 Å². The number of aryl methyl sites for hydroxylation is 1. The standard InChI is InChI=1S/C10H14N2O2S/c1-7-3-4-8(11)10(12-7)15-6-5-9(13)14-2/h3-4H,5-6,11H2,1-2H3. The second-order valence-corrected chi connectivity index (χ2v) is 4.11. The number of hydrogen-bond donors (Lipinski definition) is 1. The van der Waals surface area contributed by atoms with Crippen LogP contribution in [-0.2, 0) is 9.53 Å². The molecule has 0 aliphatic rings. The topological polar surface area (TPSA) is 65.2 Å². The van der Waals surface area contributed by atoms with E-state index >= 15 is 0 Å². The van der Waals surface area contributed by atoms with E-state index in [0.717, 1.165) is 10.7 Å². The molecule has 5 heteroatoms. The molecule has 0 bridgehead atoms. The van der Waals surface area contributed by atoms with E-state index in [1.807, 2.05) is 19.1 Å². The summed E-state index contributed by atoms with van der Waals surface area (Å²) in [7, 11) is 1.38. The number of anilines is 1. The lowest BCUT2D eigenvalue weighted by Crippen LogP contribution is -2.02. The van der Waals surface area contributed by atoms with Crippen LogP contribution in [0.3, 0.4) is 0 Å². The molecule has 0 aliphatic carbocycles. The average Bonchev–Trinajstić information content (AvgIpc) is 2.23. The van der Waals surface area contributed by atoms with Crippen molar-refractivity contribution in [2.45, 2.75) is 18.4 Å². The Labute approximate surface area is 93.2 Å². The van der Waals surface area contributed by atoms with Crippen molar-refractivity contribution in [2.75, 3.05) is 18.6 Å². The third-order valence-electron chi connectivity index (χ3n) is 1.80. The molecule has 0 aliphatic heterocycles. The Kier molecular flexibility index (Phi) is 4.42. The Hall–Kier alpha value is -1.23. The van der Waals surface area contributed by atoms with E-state index in [2.05, 4.69) is 9.72 Å². The van der Waals surface area contributed by atoms with Gasteiger partial charge in [-0.05, 0) is 19.1 Å². The lowest BCUT2D eigenvalue weighted by atomic mass is 10.3. The van der Waals surface area contributed by atoms with E-state index in [0.29, 0.717) is 17.9 Å². The minimum atomic E-state index is -0.214. The van der Waals surface area contributed by atoms with Gasteiger partial charge in [-0.25, -0.2) is 4.98 Å². The van der Waals surface area contributed by atoms with Crippen molar-refractivity contribution in [1.29, 1.82) is 0 Å². The molecule has 0 amide bonds. The molecule has 0 saturated carbocycles. The van der Waals surface area contributed by atoms with Crippen LogP contribution in [0, 0.1) is 6.92 Å². The Balaban J connectivity index is 2.50. The average molecular weight is 226 g/mol. The number of carbonyl (C=O) groups excluding carboxylic acids is 1. The molecule has 2 N–H and O–H groups in total. The van der Waals surface area contributed by atoms with Crippen LogP contribution in [0.15, 0.2) is 17.2 Å². The van der Waals surface area contributed by atoms with Crippen molar-refractivity contribution in [3.63, 3.8) is 0 Å². The summed E-state index contributed by atoms with van der Waals surface area (Å²) in [5, 5.41) is 0.777. The van der Waals surface area contributed by atoms with Gasteiger partial charge < -0.3 is 10.5 Å². The summed E-state index contributed by atoms with van der Waals surface area (Å²) in [5.41, 5.74) is 7.31. The van der Waals surface area contributed by atoms with Gasteiger partial charge in [0.1, 0.15) is 5.03 Å². The predicted molar refractivity (Wildman–Crippen MR) is 60.7 cm³/mol. The molecule has 1 aromatic rings. The number of methoxy groups -OCH3 is 1. The van der Waals surface area contributed by atoms with Crippen LogP contribution < -0.4 is 5.73 Å². The van der Waals surface area contributed by atoms with Crippen LogP contribution >= 0.6 is 11.8 Å². The van der Waals surface area contributed by atoms with Crippen LogP contribution in [0.25, 0.3) is 0 Å². The lowest BCUT2D eigenvalue weighted by Gasteiger charge is -2.04. The third-order valence-corrected chi connectivity index (χ3v) is 2.81. The van der Waals surface area contributed by atoms with Gasteiger partial charge in [-0.3, -0.25) is 4.79 Å². The number of nitrogens with two attached hydrogens (primary N) is 1. The molecular formula is C10H14N2O2S. The monoisotopic (exact) mass is 226 g/mol. The SMILES string of the molecule is COC(=O)CCSc1nc(C)ccc1N. The maximum absolute atomic E-state index is 10.9. The minimum Gasteiger partial charge on any atom is -0.469 e.